The van der Waals surface area contributed by atoms with Crippen molar-refractivity contribution in [2.75, 3.05) is 0 Å². The largest absolute Gasteiger partial charge is 0.467 e. The second kappa shape index (κ2) is 6.51. The zero-order valence-electron chi connectivity index (χ0n) is 14.5. The minimum Gasteiger partial charge on any atom is -0.467 e. The summed E-state index contributed by atoms with van der Waals surface area (Å²) >= 11 is 0. The van der Waals surface area contributed by atoms with E-state index >= 15 is 0 Å². The summed E-state index contributed by atoms with van der Waals surface area (Å²) in [4.78, 5) is 19.2. The molecule has 0 radical (unpaired) electrons. The Morgan fingerprint density at radius 1 is 1.15 bits per heavy atom. The van der Waals surface area contributed by atoms with Gasteiger partial charge in [0.15, 0.2) is 5.65 Å². The van der Waals surface area contributed by atoms with Crippen molar-refractivity contribution in [3.05, 3.63) is 71.8 Å². The van der Waals surface area contributed by atoms with Gasteiger partial charge in [-0.15, -0.1) is 0 Å². The Kier molecular flexibility index (Phi) is 4.04. The van der Waals surface area contributed by atoms with E-state index < -0.39 is 0 Å². The molecule has 7 heteroatoms. The van der Waals surface area contributed by atoms with E-state index in [1.807, 2.05) is 32.2 Å². The van der Waals surface area contributed by atoms with Gasteiger partial charge in [-0.2, -0.15) is 5.10 Å². The lowest BCUT2D eigenvalue weighted by atomic mass is 10.2. The van der Waals surface area contributed by atoms with Crippen molar-refractivity contribution in [2.24, 2.45) is 7.05 Å². The zero-order chi connectivity index (χ0) is 18.1. The van der Waals surface area contributed by atoms with E-state index in [0.717, 1.165) is 16.7 Å². The standard InChI is InChI=1S/C19H18N4O3/c1-13-17-9-14(10-20-18(17)22(2)21-13)19(24)23(11-15-5-3-7-25-15)12-16-6-4-8-26-16/h3-10H,11-12H2,1-2H3. The summed E-state index contributed by atoms with van der Waals surface area (Å²) in [7, 11) is 1.84. The molecule has 0 aliphatic carbocycles. The van der Waals surface area contributed by atoms with Crippen LogP contribution in [-0.2, 0) is 20.1 Å². The molecule has 0 aliphatic rings. The van der Waals surface area contributed by atoms with Gasteiger partial charge in [-0.3, -0.25) is 9.48 Å². The molecule has 0 saturated carbocycles. The van der Waals surface area contributed by atoms with Crippen molar-refractivity contribution in [3.63, 3.8) is 0 Å². The van der Waals surface area contributed by atoms with E-state index in [0.29, 0.717) is 30.2 Å². The van der Waals surface area contributed by atoms with Gasteiger partial charge in [0.2, 0.25) is 0 Å². The van der Waals surface area contributed by atoms with Crippen LogP contribution in [0.25, 0.3) is 11.0 Å². The van der Waals surface area contributed by atoms with Gasteiger partial charge in [-0.1, -0.05) is 0 Å². The average molecular weight is 350 g/mol. The number of aryl methyl sites for hydroxylation is 2. The van der Waals surface area contributed by atoms with Crippen molar-refractivity contribution in [2.45, 2.75) is 20.0 Å². The fourth-order valence-corrected chi connectivity index (χ4v) is 2.99. The first-order valence-corrected chi connectivity index (χ1v) is 8.25. The molecule has 0 unspecified atom stereocenters. The molecule has 1 amide bonds. The summed E-state index contributed by atoms with van der Waals surface area (Å²) in [5.74, 6) is 1.27. The molecule has 4 heterocycles. The number of carbonyl (C=O) groups excluding carboxylic acids is 1. The molecule has 0 saturated heterocycles. The van der Waals surface area contributed by atoms with E-state index in [1.54, 1.807) is 40.4 Å². The highest BCUT2D eigenvalue weighted by atomic mass is 16.3. The third-order valence-electron chi connectivity index (χ3n) is 4.25. The maximum atomic E-state index is 13.1. The second-order valence-corrected chi connectivity index (χ2v) is 6.12. The van der Waals surface area contributed by atoms with Gasteiger partial charge in [-0.25, -0.2) is 4.98 Å². The molecular formula is C19H18N4O3. The normalized spacial score (nSPS) is 11.2. The molecule has 0 N–H and O–H groups in total. The van der Waals surface area contributed by atoms with Crippen LogP contribution in [0.4, 0.5) is 0 Å². The Hall–Kier alpha value is -3.35. The number of hydrogen-bond acceptors (Lipinski definition) is 5. The topological polar surface area (TPSA) is 77.3 Å². The summed E-state index contributed by atoms with van der Waals surface area (Å²) in [6.07, 6.45) is 4.78. The summed E-state index contributed by atoms with van der Waals surface area (Å²) in [5, 5.41) is 5.23. The van der Waals surface area contributed by atoms with Crippen molar-refractivity contribution in [1.82, 2.24) is 19.7 Å². The Morgan fingerprint density at radius 2 is 1.81 bits per heavy atom. The van der Waals surface area contributed by atoms with E-state index in [2.05, 4.69) is 10.1 Å². The Labute approximate surface area is 149 Å². The molecule has 4 aromatic heterocycles. The number of aromatic nitrogens is 3. The number of hydrogen-bond donors (Lipinski definition) is 0. The van der Waals surface area contributed by atoms with Crippen LogP contribution in [0.15, 0.2) is 57.9 Å². The SMILES string of the molecule is Cc1nn(C)c2ncc(C(=O)N(Cc3ccco3)Cc3ccco3)cc12. The smallest absolute Gasteiger partial charge is 0.256 e. The lowest BCUT2D eigenvalue weighted by Crippen LogP contribution is -2.30. The van der Waals surface area contributed by atoms with Gasteiger partial charge in [0, 0.05) is 18.6 Å². The molecule has 0 bridgehead atoms. The van der Waals surface area contributed by atoms with Crippen LogP contribution < -0.4 is 0 Å². The molecule has 4 aromatic rings. The maximum Gasteiger partial charge on any atom is 0.256 e. The van der Waals surface area contributed by atoms with Crippen LogP contribution >= 0.6 is 0 Å². The summed E-state index contributed by atoms with van der Waals surface area (Å²) in [6, 6.07) is 9.13. The number of pyridine rings is 1. The number of rotatable bonds is 5. The third-order valence-corrected chi connectivity index (χ3v) is 4.25. The monoisotopic (exact) mass is 350 g/mol. The minimum atomic E-state index is -0.143. The lowest BCUT2D eigenvalue weighted by Gasteiger charge is -2.20. The maximum absolute atomic E-state index is 13.1. The van der Waals surface area contributed by atoms with Crippen LogP contribution in [-0.4, -0.2) is 25.6 Å². The fraction of sp³-hybridized carbons (Fsp3) is 0.211. The second-order valence-electron chi connectivity index (χ2n) is 6.12. The minimum absolute atomic E-state index is 0.143. The predicted molar refractivity (Wildman–Crippen MR) is 94.2 cm³/mol. The molecule has 7 nitrogen and oxygen atoms in total. The highest BCUT2D eigenvalue weighted by Crippen LogP contribution is 2.20. The molecule has 0 fully saturated rings. The van der Waals surface area contributed by atoms with Gasteiger partial charge in [0.25, 0.3) is 5.91 Å². The highest BCUT2D eigenvalue weighted by molar-refractivity contribution is 5.97. The van der Waals surface area contributed by atoms with Crippen LogP contribution in [0.2, 0.25) is 0 Å². The molecular weight excluding hydrogens is 332 g/mol. The van der Waals surface area contributed by atoms with Gasteiger partial charge in [-0.05, 0) is 37.3 Å². The number of nitrogens with zero attached hydrogens (tertiary/aromatic N) is 4. The van der Waals surface area contributed by atoms with E-state index in [9.17, 15) is 4.79 Å². The van der Waals surface area contributed by atoms with Crippen molar-refractivity contribution < 1.29 is 13.6 Å². The van der Waals surface area contributed by atoms with Crippen molar-refractivity contribution in [3.8, 4) is 0 Å². The quantitative estimate of drug-likeness (QED) is 0.552. The number of furan rings is 2. The van der Waals surface area contributed by atoms with Crippen LogP contribution in [0.5, 0.6) is 0 Å². The molecule has 0 aliphatic heterocycles. The molecule has 26 heavy (non-hydrogen) atoms. The van der Waals surface area contributed by atoms with Crippen LogP contribution in [0.1, 0.15) is 27.6 Å². The first-order valence-electron chi connectivity index (χ1n) is 8.25. The number of fused-ring (bicyclic) bond motifs is 1. The van der Waals surface area contributed by atoms with Gasteiger partial charge < -0.3 is 13.7 Å². The molecule has 0 atom stereocenters. The van der Waals surface area contributed by atoms with E-state index in [1.165, 1.54) is 0 Å². The number of amides is 1. The van der Waals surface area contributed by atoms with Crippen LogP contribution in [0, 0.1) is 6.92 Å². The highest BCUT2D eigenvalue weighted by Gasteiger charge is 2.20. The summed E-state index contributed by atoms with van der Waals surface area (Å²) in [5.41, 5.74) is 2.10. The average Bonchev–Trinajstić information content (AvgIpc) is 3.38. The summed E-state index contributed by atoms with van der Waals surface area (Å²) in [6.45, 7) is 2.59. The van der Waals surface area contributed by atoms with E-state index in [-0.39, 0.29) is 5.91 Å². The Balaban J connectivity index is 1.67. The lowest BCUT2D eigenvalue weighted by molar-refractivity contribution is 0.0704. The molecule has 0 aromatic carbocycles. The Morgan fingerprint density at radius 3 is 2.38 bits per heavy atom. The predicted octanol–water partition coefficient (Wildman–Crippen LogP) is 3.31. The first kappa shape index (κ1) is 16.1. The van der Waals surface area contributed by atoms with E-state index in [4.69, 9.17) is 8.83 Å². The van der Waals surface area contributed by atoms with Gasteiger partial charge in [0.1, 0.15) is 11.5 Å². The molecule has 4 rings (SSSR count). The first-order chi connectivity index (χ1) is 12.6. The summed E-state index contributed by atoms with van der Waals surface area (Å²) < 4.78 is 12.5. The Bertz CT molecular complexity index is 996. The number of carbonyl (C=O) groups is 1. The zero-order valence-corrected chi connectivity index (χ0v) is 14.5. The fourth-order valence-electron chi connectivity index (χ4n) is 2.99. The molecule has 0 spiro atoms. The van der Waals surface area contributed by atoms with Crippen molar-refractivity contribution in [1.29, 1.82) is 0 Å². The van der Waals surface area contributed by atoms with Crippen molar-refractivity contribution >= 4 is 16.9 Å². The van der Waals surface area contributed by atoms with Gasteiger partial charge in [0.05, 0.1) is 36.9 Å². The van der Waals surface area contributed by atoms with Gasteiger partial charge >= 0.3 is 0 Å². The third kappa shape index (κ3) is 2.99. The molecule has 132 valence electrons. The van der Waals surface area contributed by atoms with Crippen LogP contribution in [0.3, 0.4) is 0 Å².